The van der Waals surface area contributed by atoms with Crippen molar-refractivity contribution in [2.75, 3.05) is 39.4 Å². The van der Waals surface area contributed by atoms with Gasteiger partial charge >= 0.3 is 36.7 Å². The summed E-state index contributed by atoms with van der Waals surface area (Å²) in [5, 5.41) is 34.0. The average Bonchev–Trinajstić information content (AvgIpc) is 1.21. The number of carbonyl (C=O) groups is 4. The molecule has 0 radical (unpaired) electrons. The second-order valence-electron chi connectivity index (χ2n) is 23.7. The summed E-state index contributed by atoms with van der Waals surface area (Å²) in [4.78, 5) is 44.7. The van der Waals surface area contributed by atoms with E-state index in [2.05, 4.69) is 117 Å². The van der Waals surface area contributed by atoms with Crippen molar-refractivity contribution in [2.45, 2.75) is 57.8 Å². The van der Waals surface area contributed by atoms with Gasteiger partial charge in [-0.25, -0.2) is 5.84 Å². The number of hydrazine groups is 2. The van der Waals surface area contributed by atoms with E-state index in [1.807, 2.05) is 29.7 Å². The molecule has 0 saturated carbocycles. The van der Waals surface area contributed by atoms with Crippen LogP contribution in [-0.4, -0.2) is 70.1 Å². The number of nitrogens with zero attached hydrogens (tertiary/aromatic N) is 5. The monoisotopic (exact) mass is 1630 g/mol. The molecule has 592 valence electrons. The number of alkyl halides is 12. The molecule has 2 aromatic heterocycles. The Kier molecular flexibility index (Phi) is 32.6. The van der Waals surface area contributed by atoms with Crippen molar-refractivity contribution in [1.29, 1.82) is 0 Å². The summed E-state index contributed by atoms with van der Waals surface area (Å²) in [6.07, 6.45) is -16.8. The Bertz CT molecular complexity index is 4970. The number of hydrogen-bond donors (Lipinski definition) is 12. The van der Waals surface area contributed by atoms with Crippen molar-refractivity contribution >= 4 is 125 Å². The van der Waals surface area contributed by atoms with E-state index < -0.39 is 67.0 Å². The predicted molar refractivity (Wildman–Crippen MR) is 413 cm³/mol. The number of thiocarbonyl (C=S) groups is 2. The van der Waals surface area contributed by atoms with E-state index in [9.17, 15) is 71.9 Å². The number of methoxy groups -OCH3 is 1. The summed E-state index contributed by atoms with van der Waals surface area (Å²) < 4.78 is 170. The van der Waals surface area contributed by atoms with Gasteiger partial charge in [0.25, 0.3) is 23.6 Å². The van der Waals surface area contributed by atoms with E-state index in [1.54, 1.807) is 104 Å². The number of nitrogen functional groups attached to an aromatic ring is 2. The number of benzene rings is 9. The van der Waals surface area contributed by atoms with Crippen molar-refractivity contribution < 1.29 is 85.4 Å². The number of hydrogen-bond acceptors (Lipinski definition) is 20. The van der Waals surface area contributed by atoms with Crippen LogP contribution in [0.25, 0.3) is 22.9 Å². The summed E-state index contributed by atoms with van der Waals surface area (Å²) in [5.41, 5.74) is 20.9. The third-order valence-electron chi connectivity index (χ3n) is 14.1. The second-order valence-corrected chi connectivity index (χ2v) is 28.8. The van der Waals surface area contributed by atoms with Gasteiger partial charge in [-0.2, -0.15) is 52.7 Å². The second kappa shape index (κ2) is 41.5. The van der Waals surface area contributed by atoms with Crippen LogP contribution in [0.15, 0.2) is 232 Å². The first-order valence-corrected chi connectivity index (χ1v) is 36.7. The quantitative estimate of drug-likeness (QED) is 0.00555. The molecule has 9 aromatic carbocycles. The number of aromatic nitrogens is 4. The highest BCUT2D eigenvalue weighted by molar-refractivity contribution is 7.80. The number of rotatable bonds is 18. The Morgan fingerprint density at radius 2 is 0.876 bits per heavy atom. The Hall–Kier alpha value is -13.2. The smallest absolute Gasteiger partial charge is 0.416 e. The number of carbonyl (C=O) groups excluding carboxylic acids is 4. The van der Waals surface area contributed by atoms with E-state index in [1.165, 1.54) is 55.5 Å². The van der Waals surface area contributed by atoms with Crippen molar-refractivity contribution in [3.8, 4) is 28.7 Å². The summed E-state index contributed by atoms with van der Waals surface area (Å²) in [6.45, 7) is 8.22. The normalized spacial score (nSPS) is 10.8. The Morgan fingerprint density at radius 3 is 1.20 bits per heavy atom. The minimum atomic E-state index is -4.40. The number of ether oxygens (including phenoxy) is 1. The maximum atomic E-state index is 12.6. The topological polar surface area (TPSA) is 354 Å². The third-order valence-corrected chi connectivity index (χ3v) is 15.3. The fourth-order valence-electron chi connectivity index (χ4n) is 8.91. The lowest BCUT2D eigenvalue weighted by Crippen LogP contribution is -2.44. The van der Waals surface area contributed by atoms with Gasteiger partial charge in [-0.1, -0.05) is 70.9 Å². The molecule has 0 atom stereocenters. The molecular weight excluding hydrogens is 1560 g/mol. The molecule has 0 unspecified atom stereocenters. The minimum Gasteiger partial charge on any atom is -0.497 e. The molecular formula is C74H69F12N17O7S2Si. The minimum absolute atomic E-state index is 0.0446. The van der Waals surface area contributed by atoms with Crippen LogP contribution in [0.5, 0.6) is 5.75 Å². The Morgan fingerprint density at radius 1 is 0.513 bits per heavy atom. The zero-order valence-electron chi connectivity index (χ0n) is 59.7. The summed E-state index contributed by atoms with van der Waals surface area (Å²) in [6, 6.07) is 52.8. The van der Waals surface area contributed by atoms with E-state index >= 15 is 0 Å². The van der Waals surface area contributed by atoms with Crippen LogP contribution < -0.4 is 70.2 Å². The predicted octanol–water partition coefficient (Wildman–Crippen LogP) is 17.4. The molecule has 0 bridgehead atoms. The van der Waals surface area contributed by atoms with E-state index in [4.69, 9.17) is 30.9 Å². The number of nitrogens with two attached hydrogens (primary N) is 3. The number of anilines is 10. The highest BCUT2D eigenvalue weighted by atomic mass is 32.1. The van der Waals surface area contributed by atoms with Gasteiger partial charge in [-0.05, 0) is 207 Å². The first-order valence-electron chi connectivity index (χ1n) is 32.5. The van der Waals surface area contributed by atoms with Gasteiger partial charge < -0.3 is 51.6 Å². The van der Waals surface area contributed by atoms with Gasteiger partial charge in [-0.15, -0.1) is 10.2 Å². The van der Waals surface area contributed by atoms with Gasteiger partial charge in [0.05, 0.1) is 74.4 Å². The highest BCUT2D eigenvalue weighted by Gasteiger charge is 2.33. The van der Waals surface area contributed by atoms with Crippen molar-refractivity contribution in [3.05, 3.63) is 257 Å². The van der Waals surface area contributed by atoms with Crippen LogP contribution in [0.2, 0.25) is 19.6 Å². The molecule has 15 N–H and O–H groups in total. The van der Waals surface area contributed by atoms with Crippen LogP contribution >= 0.6 is 24.4 Å². The standard InChI is InChI=1S/C17H13F3N4O2.C15H13F3N4OS.C15H11F3N4O.C14H12F3N3O.C9H11NO2.C4H9NSSi/c1-10(25)21-16-24-23-15(26-16)13-4-2-3-5-14(13)22-12-8-6-11(7-9-12)17(18,19)20;16-15(17,18)9-5-7-10(8-6-9)20-12-4-2-1-3-11(12)13(23)21-22-14(19)24;16-15(17,18)9-5-7-10(8-6-9)20-12-4-2-1-3-11(12)13-21-22-14(19)23-13;15-14(16,17)9-5-7-10(8-6-9)19-12-4-2-1-3-11(12)13(21)20-18;1-12-9-4-2-8(3-5-9)6-10-7-11;1-7(2,3)5-4-6/h2-9,22H,1H3,(H,21,24,25);1-8,20H,(H,21,23)(H3,19,22,24);1-8,20H,(H2,19,22);1-8,19H,18H2,(H,20,21);2-5,7H,6H2,1H3,(H,10,11);1-3H3. The largest absolute Gasteiger partial charge is 0.497 e. The molecule has 0 spiro atoms. The van der Waals surface area contributed by atoms with Crippen LogP contribution in [-0.2, 0) is 40.8 Å². The van der Waals surface area contributed by atoms with Gasteiger partial charge in [-0.3, -0.25) is 45.4 Å². The molecule has 0 aliphatic rings. The molecule has 11 aromatic rings. The Labute approximate surface area is 648 Å². The average molecular weight is 1630 g/mol. The first-order chi connectivity index (χ1) is 53.4. The summed E-state index contributed by atoms with van der Waals surface area (Å²) >= 11 is 9.01. The lowest BCUT2D eigenvalue weighted by molar-refractivity contribution is -0.138. The third kappa shape index (κ3) is 29.9. The highest BCUT2D eigenvalue weighted by Crippen LogP contribution is 2.37. The molecule has 11 rings (SSSR count). The lowest BCUT2D eigenvalue weighted by Gasteiger charge is -2.13. The number of halogens is 12. The zero-order valence-corrected chi connectivity index (χ0v) is 62.4. The van der Waals surface area contributed by atoms with E-state index in [-0.39, 0.29) is 40.4 Å². The molecule has 2 heterocycles. The van der Waals surface area contributed by atoms with Crippen molar-refractivity contribution in [1.82, 2.24) is 42.0 Å². The van der Waals surface area contributed by atoms with Gasteiger partial charge in [0.1, 0.15) is 5.75 Å². The molecule has 113 heavy (non-hydrogen) atoms. The van der Waals surface area contributed by atoms with E-state index in [0.29, 0.717) is 75.1 Å². The zero-order chi connectivity index (χ0) is 83.1. The first kappa shape index (κ1) is 88.7. The maximum Gasteiger partial charge on any atom is 0.416 e. The maximum absolute atomic E-state index is 12.6. The molecule has 0 aliphatic heterocycles. The van der Waals surface area contributed by atoms with Crippen LogP contribution in [0.4, 0.5) is 110 Å². The van der Waals surface area contributed by atoms with Crippen LogP contribution in [0.3, 0.4) is 0 Å². The van der Waals surface area contributed by atoms with Gasteiger partial charge in [0.15, 0.2) is 13.3 Å². The summed E-state index contributed by atoms with van der Waals surface area (Å²) in [5.74, 6) is 4.93. The van der Waals surface area contributed by atoms with Crippen molar-refractivity contribution in [2.24, 2.45) is 16.2 Å². The number of isothiocyanates is 1. The fourth-order valence-corrected chi connectivity index (χ4v) is 10.1. The molecule has 24 nitrogen and oxygen atoms in total. The summed E-state index contributed by atoms with van der Waals surface area (Å²) in [7, 11) is 0.376. The molecule has 0 fully saturated rings. The van der Waals surface area contributed by atoms with Crippen molar-refractivity contribution in [3.63, 3.8) is 0 Å². The molecule has 0 saturated heterocycles. The molecule has 0 aliphatic carbocycles. The number of nitrogens with one attached hydrogen (secondary N) is 9. The SMILES string of the molecule is CC(=O)Nc1nnc(-c2ccccc2Nc2ccc(C(F)(F)F)cc2)o1.COc1ccc(CNC=O)cc1.C[Si](C)(C)N=C=S.NC(=S)NNC(=O)c1ccccc1Nc1ccc(C(F)(F)F)cc1.NNC(=O)c1ccccc1Nc1ccc(C(F)(F)F)cc1.Nc1nnc(-c2ccccc2Nc2ccc(C(F)(F)F)cc2)o1. The van der Waals surface area contributed by atoms with Crippen LogP contribution in [0, 0.1) is 0 Å². The number of para-hydroxylation sites is 4. The van der Waals surface area contributed by atoms with E-state index in [0.717, 1.165) is 59.8 Å². The molecule has 39 heteroatoms. The molecule has 4 amide bonds. The Balaban J connectivity index is 0.000000218. The van der Waals surface area contributed by atoms with Gasteiger partial charge in [0.2, 0.25) is 12.3 Å². The number of amides is 4. The van der Waals surface area contributed by atoms with Gasteiger partial charge in [0, 0.05) is 41.4 Å². The lowest BCUT2D eigenvalue weighted by atomic mass is 10.1. The van der Waals surface area contributed by atoms with Crippen LogP contribution in [0.1, 0.15) is 55.5 Å². The fraction of sp³-hybridized carbons (Fsp3) is 0.135.